The number of nitrogens with one attached hydrogen (secondary N) is 2. The lowest BCUT2D eigenvalue weighted by Gasteiger charge is -2.40. The molecule has 0 radical (unpaired) electrons. The highest BCUT2D eigenvalue weighted by Crippen LogP contribution is 2.40. The summed E-state index contributed by atoms with van der Waals surface area (Å²) in [6.45, 7) is 11.4. The minimum Gasteiger partial charge on any atom is -0.382 e. The van der Waals surface area contributed by atoms with E-state index in [1.54, 1.807) is 6.92 Å². The van der Waals surface area contributed by atoms with Gasteiger partial charge in [0, 0.05) is 37.0 Å². The fourth-order valence-corrected chi connectivity index (χ4v) is 3.99. The van der Waals surface area contributed by atoms with E-state index in [0.29, 0.717) is 0 Å². The molecule has 3 rings (SSSR count). The number of carbonyl (C=O) groups is 2. The van der Waals surface area contributed by atoms with Gasteiger partial charge in [0.15, 0.2) is 0 Å². The minimum atomic E-state index is -0.0963. The van der Waals surface area contributed by atoms with Crippen molar-refractivity contribution < 1.29 is 9.59 Å². The number of nitrogens with zero attached hydrogens (tertiary/aromatic N) is 1. The van der Waals surface area contributed by atoms with Crippen molar-refractivity contribution in [1.82, 2.24) is 5.32 Å². The van der Waals surface area contributed by atoms with E-state index < -0.39 is 0 Å². The zero-order valence-electron chi connectivity index (χ0n) is 17.6. The average Bonchev–Trinajstić information content (AvgIpc) is 2.67. The number of hydrogen-bond acceptors (Lipinski definition) is 3. The van der Waals surface area contributed by atoms with Gasteiger partial charge in [-0.15, -0.1) is 0 Å². The van der Waals surface area contributed by atoms with E-state index in [4.69, 9.17) is 0 Å². The molecule has 152 valence electrons. The Labute approximate surface area is 172 Å². The molecule has 0 saturated heterocycles. The second-order valence-corrected chi connectivity index (χ2v) is 7.66. The summed E-state index contributed by atoms with van der Waals surface area (Å²) in [6.07, 6.45) is 1.68. The summed E-state index contributed by atoms with van der Waals surface area (Å²) in [6, 6.07) is 14.2. The van der Waals surface area contributed by atoms with Gasteiger partial charge in [-0.3, -0.25) is 9.59 Å². The Morgan fingerprint density at radius 2 is 1.86 bits per heavy atom. The number of carbonyl (C=O) groups excluding carboxylic acids is 2. The van der Waals surface area contributed by atoms with Crippen LogP contribution in [0, 0.1) is 0 Å². The van der Waals surface area contributed by atoms with Crippen molar-refractivity contribution in [3.05, 3.63) is 60.3 Å². The summed E-state index contributed by atoms with van der Waals surface area (Å²) >= 11 is 0. The molecule has 2 aromatic carbocycles. The fraction of sp³-hybridized carbons (Fsp3) is 0.333. The minimum absolute atomic E-state index is 0.0481. The first kappa shape index (κ1) is 20.6. The maximum atomic E-state index is 12.3. The normalized spacial score (nSPS) is 18.0. The van der Waals surface area contributed by atoms with Gasteiger partial charge >= 0.3 is 0 Å². The first-order chi connectivity index (χ1) is 13.8. The lowest BCUT2D eigenvalue weighted by atomic mass is 9.88. The van der Waals surface area contributed by atoms with Crippen molar-refractivity contribution in [2.45, 2.75) is 52.6 Å². The van der Waals surface area contributed by atoms with Crippen LogP contribution in [0.15, 0.2) is 54.7 Å². The van der Waals surface area contributed by atoms with Crippen LogP contribution in [0.4, 0.5) is 11.4 Å². The molecule has 29 heavy (non-hydrogen) atoms. The van der Waals surface area contributed by atoms with Crippen LogP contribution in [-0.2, 0) is 9.59 Å². The molecule has 2 atom stereocenters. The number of fused-ring (bicyclic) bond motifs is 1. The molecule has 2 aromatic rings. The Hall–Kier alpha value is -3.08. The third-order valence-corrected chi connectivity index (χ3v) is 5.34. The predicted molar refractivity (Wildman–Crippen MR) is 119 cm³/mol. The van der Waals surface area contributed by atoms with Crippen molar-refractivity contribution in [2.24, 2.45) is 0 Å². The summed E-state index contributed by atoms with van der Waals surface area (Å²) in [5, 5.41) is 6.37. The molecule has 0 spiro atoms. The van der Waals surface area contributed by atoms with Gasteiger partial charge in [0.1, 0.15) is 0 Å². The van der Waals surface area contributed by atoms with Gasteiger partial charge in [0.25, 0.3) is 0 Å². The Kier molecular flexibility index (Phi) is 6.06. The molecule has 5 nitrogen and oxygen atoms in total. The molecular formula is C24H29N3O2. The number of amides is 2. The van der Waals surface area contributed by atoms with E-state index in [2.05, 4.69) is 37.1 Å². The number of allylic oxidation sites excluding steroid dienone is 1. The van der Waals surface area contributed by atoms with E-state index in [9.17, 15) is 9.59 Å². The Bertz CT molecular complexity index is 951. The van der Waals surface area contributed by atoms with Crippen LogP contribution >= 0.6 is 0 Å². The van der Waals surface area contributed by atoms with E-state index in [0.717, 1.165) is 46.6 Å². The summed E-state index contributed by atoms with van der Waals surface area (Å²) in [7, 11) is 0. The molecule has 1 aliphatic heterocycles. The lowest BCUT2D eigenvalue weighted by Crippen LogP contribution is -2.44. The van der Waals surface area contributed by atoms with Gasteiger partial charge in [-0.2, -0.15) is 0 Å². The lowest BCUT2D eigenvalue weighted by molar-refractivity contribution is -0.117. The summed E-state index contributed by atoms with van der Waals surface area (Å²) < 4.78 is 0. The van der Waals surface area contributed by atoms with E-state index in [1.807, 2.05) is 41.3 Å². The number of hydrogen-bond donors (Lipinski definition) is 2. The number of anilines is 2. The highest BCUT2D eigenvalue weighted by molar-refractivity contribution is 5.94. The molecule has 0 fully saturated rings. The highest BCUT2D eigenvalue weighted by Gasteiger charge is 2.32. The predicted octanol–water partition coefficient (Wildman–Crippen LogP) is 5.01. The zero-order valence-corrected chi connectivity index (χ0v) is 17.6. The average molecular weight is 392 g/mol. The third-order valence-electron chi connectivity index (χ3n) is 5.34. The fourth-order valence-electron chi connectivity index (χ4n) is 3.99. The maximum absolute atomic E-state index is 12.3. The zero-order chi connectivity index (χ0) is 21.1. The maximum Gasteiger partial charge on any atom is 0.224 e. The van der Waals surface area contributed by atoms with Gasteiger partial charge in [-0.1, -0.05) is 31.7 Å². The van der Waals surface area contributed by atoms with Crippen LogP contribution in [0.25, 0.3) is 11.1 Å². The van der Waals surface area contributed by atoms with E-state index >= 15 is 0 Å². The van der Waals surface area contributed by atoms with Gasteiger partial charge in [0.05, 0.1) is 6.04 Å². The SMILES string of the molecule is C=C(CC)N[C@@H]1C[C@H](C)N(C(C)=O)c2ccc(-c3cccc(NC(C)=O)c3)cc21. The first-order valence-electron chi connectivity index (χ1n) is 10.1. The monoisotopic (exact) mass is 391 g/mol. The van der Waals surface area contributed by atoms with Crippen LogP contribution in [0.3, 0.4) is 0 Å². The number of rotatable bonds is 5. The van der Waals surface area contributed by atoms with Gasteiger partial charge < -0.3 is 15.5 Å². The molecule has 2 amide bonds. The van der Waals surface area contributed by atoms with Crippen molar-refractivity contribution in [2.75, 3.05) is 10.2 Å². The van der Waals surface area contributed by atoms with Crippen LogP contribution in [0.1, 0.15) is 52.1 Å². The van der Waals surface area contributed by atoms with E-state index in [-0.39, 0.29) is 23.9 Å². The second-order valence-electron chi connectivity index (χ2n) is 7.66. The molecule has 2 N–H and O–H groups in total. The van der Waals surface area contributed by atoms with E-state index in [1.165, 1.54) is 6.92 Å². The summed E-state index contributed by atoms with van der Waals surface area (Å²) in [4.78, 5) is 25.6. The molecule has 0 saturated carbocycles. The van der Waals surface area contributed by atoms with Crippen LogP contribution < -0.4 is 15.5 Å². The van der Waals surface area contributed by atoms with Crippen molar-refractivity contribution in [1.29, 1.82) is 0 Å². The Morgan fingerprint density at radius 1 is 1.14 bits per heavy atom. The molecule has 0 unspecified atom stereocenters. The largest absolute Gasteiger partial charge is 0.382 e. The molecule has 1 heterocycles. The molecular weight excluding hydrogens is 362 g/mol. The van der Waals surface area contributed by atoms with Crippen LogP contribution in [0.5, 0.6) is 0 Å². The second kappa shape index (κ2) is 8.52. The Balaban J connectivity index is 2.06. The molecule has 0 bridgehead atoms. The molecule has 0 aliphatic carbocycles. The first-order valence-corrected chi connectivity index (χ1v) is 10.1. The standard InChI is InChI=1S/C24H29N3O2/c1-6-15(2)25-23-12-16(3)27(18(5)29)24-11-10-20(14-22(23)24)19-8-7-9-21(13-19)26-17(4)28/h7-11,13-14,16,23,25H,2,6,12H2,1,3-5H3,(H,26,28)/t16-,23+/m0/s1. The molecule has 1 aliphatic rings. The Morgan fingerprint density at radius 3 is 2.52 bits per heavy atom. The van der Waals surface area contributed by atoms with Gasteiger partial charge in [-0.25, -0.2) is 0 Å². The van der Waals surface area contributed by atoms with Crippen LogP contribution in [-0.4, -0.2) is 17.9 Å². The van der Waals surface area contributed by atoms with Crippen LogP contribution in [0.2, 0.25) is 0 Å². The van der Waals surface area contributed by atoms with Crippen molar-refractivity contribution in [3.63, 3.8) is 0 Å². The number of benzene rings is 2. The third kappa shape index (κ3) is 4.50. The summed E-state index contributed by atoms with van der Waals surface area (Å²) in [5.74, 6) is -0.0482. The smallest absolute Gasteiger partial charge is 0.224 e. The highest BCUT2D eigenvalue weighted by atomic mass is 16.2. The van der Waals surface area contributed by atoms with Gasteiger partial charge in [-0.05, 0) is 60.7 Å². The van der Waals surface area contributed by atoms with Gasteiger partial charge in [0.2, 0.25) is 11.8 Å². The quantitative estimate of drug-likeness (QED) is 0.753. The molecule has 0 aromatic heterocycles. The summed E-state index contributed by atoms with van der Waals surface area (Å²) in [5.41, 5.74) is 5.85. The molecule has 5 heteroatoms. The van der Waals surface area contributed by atoms with Crippen molar-refractivity contribution in [3.8, 4) is 11.1 Å². The topological polar surface area (TPSA) is 61.4 Å². The van der Waals surface area contributed by atoms with Crippen molar-refractivity contribution >= 4 is 23.2 Å².